The van der Waals surface area contributed by atoms with Crippen LogP contribution in [0.15, 0.2) is 6.20 Å². The highest BCUT2D eigenvalue weighted by atomic mass is 32.1. The molecule has 0 aromatic carbocycles. The van der Waals surface area contributed by atoms with Crippen LogP contribution in [-0.4, -0.2) is 23.5 Å². The van der Waals surface area contributed by atoms with E-state index >= 15 is 0 Å². The van der Waals surface area contributed by atoms with E-state index in [-0.39, 0.29) is 18.0 Å². The molecule has 1 aliphatic rings. The minimum Gasteiger partial charge on any atom is -0.355 e. The fraction of sp³-hybridized carbons (Fsp3) is 0.667. The summed E-state index contributed by atoms with van der Waals surface area (Å²) in [6.07, 6.45) is 4.97. The minimum atomic E-state index is -0.0725. The number of aromatic nitrogens is 1. The van der Waals surface area contributed by atoms with Gasteiger partial charge in [-0.15, -0.1) is 11.3 Å². The molecule has 2 heterocycles. The van der Waals surface area contributed by atoms with Gasteiger partial charge >= 0.3 is 0 Å². The normalized spacial score (nSPS) is 22.9. The van der Waals surface area contributed by atoms with Crippen molar-refractivity contribution in [1.82, 2.24) is 15.6 Å². The van der Waals surface area contributed by atoms with Crippen molar-refractivity contribution in [3.63, 3.8) is 0 Å². The predicted octanol–water partition coefficient (Wildman–Crippen LogP) is 1.77. The van der Waals surface area contributed by atoms with Crippen LogP contribution in [0.1, 0.15) is 42.1 Å². The van der Waals surface area contributed by atoms with Crippen LogP contribution in [0, 0.1) is 6.92 Å². The van der Waals surface area contributed by atoms with Gasteiger partial charge in [-0.2, -0.15) is 0 Å². The van der Waals surface area contributed by atoms with E-state index in [1.165, 1.54) is 4.88 Å². The number of hydrogen-bond donors (Lipinski definition) is 2. The maximum absolute atomic E-state index is 11.8. The number of carbonyl (C=O) groups excluding carboxylic acids is 1. The number of carbonyl (C=O) groups is 1. The second kappa shape index (κ2) is 5.60. The molecule has 1 saturated heterocycles. The third-order valence-electron chi connectivity index (χ3n) is 3.00. The fourth-order valence-electron chi connectivity index (χ4n) is 2.04. The van der Waals surface area contributed by atoms with E-state index in [0.717, 1.165) is 30.8 Å². The molecule has 2 atom stereocenters. The monoisotopic (exact) mass is 253 g/mol. The van der Waals surface area contributed by atoms with Crippen molar-refractivity contribution in [3.05, 3.63) is 16.1 Å². The van der Waals surface area contributed by atoms with Crippen LogP contribution in [-0.2, 0) is 4.79 Å². The Hall–Kier alpha value is -0.940. The first kappa shape index (κ1) is 12.5. The van der Waals surface area contributed by atoms with E-state index in [4.69, 9.17) is 0 Å². The van der Waals surface area contributed by atoms with E-state index in [1.54, 1.807) is 11.3 Å². The number of thiazole rings is 1. The summed E-state index contributed by atoms with van der Waals surface area (Å²) in [5.41, 5.74) is 0. The zero-order valence-corrected chi connectivity index (χ0v) is 11.1. The first-order valence-electron chi connectivity index (χ1n) is 6.13. The van der Waals surface area contributed by atoms with Crippen molar-refractivity contribution < 1.29 is 4.79 Å². The number of aryl methyl sites for hydroxylation is 1. The summed E-state index contributed by atoms with van der Waals surface area (Å²) in [6.45, 7) is 4.92. The average molecular weight is 253 g/mol. The highest BCUT2D eigenvalue weighted by Gasteiger charge is 2.23. The lowest BCUT2D eigenvalue weighted by atomic mass is 10.1. The first-order chi connectivity index (χ1) is 8.16. The maximum atomic E-state index is 11.8. The average Bonchev–Trinajstić information content (AvgIpc) is 2.63. The lowest BCUT2D eigenvalue weighted by molar-refractivity contribution is -0.123. The van der Waals surface area contributed by atoms with Gasteiger partial charge in [-0.3, -0.25) is 10.1 Å². The second-order valence-corrected chi connectivity index (χ2v) is 5.80. The number of amides is 1. The maximum Gasteiger partial charge on any atom is 0.237 e. The van der Waals surface area contributed by atoms with E-state index in [1.807, 2.05) is 13.1 Å². The molecular formula is C12H19N3OS. The summed E-state index contributed by atoms with van der Waals surface area (Å²) >= 11 is 1.69. The van der Waals surface area contributed by atoms with Crippen molar-refractivity contribution >= 4 is 17.2 Å². The Bertz CT molecular complexity index is 391. The Balaban J connectivity index is 1.97. The molecule has 1 aromatic heterocycles. The van der Waals surface area contributed by atoms with Gasteiger partial charge in [-0.1, -0.05) is 0 Å². The van der Waals surface area contributed by atoms with Crippen LogP contribution in [0.25, 0.3) is 0 Å². The zero-order chi connectivity index (χ0) is 12.3. The molecule has 2 unspecified atom stereocenters. The van der Waals surface area contributed by atoms with Crippen molar-refractivity contribution in [1.29, 1.82) is 0 Å². The predicted molar refractivity (Wildman–Crippen MR) is 69.1 cm³/mol. The van der Waals surface area contributed by atoms with Gasteiger partial charge in [-0.25, -0.2) is 4.98 Å². The Morgan fingerprint density at radius 1 is 1.59 bits per heavy atom. The van der Waals surface area contributed by atoms with Crippen molar-refractivity contribution in [3.8, 4) is 0 Å². The fourth-order valence-corrected chi connectivity index (χ4v) is 2.83. The van der Waals surface area contributed by atoms with E-state index in [0.29, 0.717) is 0 Å². The zero-order valence-electron chi connectivity index (χ0n) is 10.3. The third kappa shape index (κ3) is 3.26. The molecule has 94 valence electrons. The summed E-state index contributed by atoms with van der Waals surface area (Å²) in [7, 11) is 0. The highest BCUT2D eigenvalue weighted by Crippen LogP contribution is 2.20. The van der Waals surface area contributed by atoms with Crippen molar-refractivity contribution in [2.75, 3.05) is 6.54 Å². The van der Waals surface area contributed by atoms with Crippen LogP contribution >= 0.6 is 11.3 Å². The van der Waals surface area contributed by atoms with Crippen molar-refractivity contribution in [2.24, 2.45) is 0 Å². The molecule has 5 heteroatoms. The number of nitrogens with zero attached hydrogens (tertiary/aromatic N) is 1. The first-order valence-corrected chi connectivity index (χ1v) is 6.94. The van der Waals surface area contributed by atoms with Gasteiger partial charge in [0.1, 0.15) is 5.01 Å². The van der Waals surface area contributed by atoms with Crippen LogP contribution in [0.5, 0.6) is 0 Å². The molecule has 17 heavy (non-hydrogen) atoms. The summed E-state index contributed by atoms with van der Waals surface area (Å²) in [6, 6.07) is 0.0688. The number of nitrogens with one attached hydrogen (secondary N) is 2. The molecule has 2 rings (SSSR count). The molecule has 1 fully saturated rings. The molecule has 1 aliphatic heterocycles. The largest absolute Gasteiger partial charge is 0.355 e. The van der Waals surface area contributed by atoms with Crippen LogP contribution in [0.4, 0.5) is 0 Å². The summed E-state index contributed by atoms with van der Waals surface area (Å²) in [5.74, 6) is 0.127. The SMILES string of the molecule is Cc1cnc(C(C)NC2CCCCNC2=O)s1. The molecule has 0 aliphatic carbocycles. The van der Waals surface area contributed by atoms with Gasteiger partial charge in [-0.05, 0) is 33.1 Å². The molecule has 0 bridgehead atoms. The molecule has 0 radical (unpaired) electrons. The van der Waals surface area contributed by atoms with Crippen LogP contribution in [0.2, 0.25) is 0 Å². The molecule has 2 N–H and O–H groups in total. The van der Waals surface area contributed by atoms with Crippen LogP contribution < -0.4 is 10.6 Å². The van der Waals surface area contributed by atoms with E-state index < -0.39 is 0 Å². The van der Waals surface area contributed by atoms with Gasteiger partial charge in [0.2, 0.25) is 5.91 Å². The van der Waals surface area contributed by atoms with Crippen LogP contribution in [0.3, 0.4) is 0 Å². The smallest absolute Gasteiger partial charge is 0.237 e. The second-order valence-electron chi connectivity index (χ2n) is 4.54. The Labute approximate surface area is 106 Å². The highest BCUT2D eigenvalue weighted by molar-refractivity contribution is 7.11. The van der Waals surface area contributed by atoms with Gasteiger partial charge in [0.15, 0.2) is 0 Å². The Morgan fingerprint density at radius 2 is 2.41 bits per heavy atom. The summed E-state index contributed by atoms with van der Waals surface area (Å²) < 4.78 is 0. The van der Waals surface area contributed by atoms with Gasteiger partial charge in [0.25, 0.3) is 0 Å². The summed E-state index contributed by atoms with van der Waals surface area (Å²) in [5, 5.41) is 7.37. The lowest BCUT2D eigenvalue weighted by Gasteiger charge is -2.19. The molecule has 1 amide bonds. The molecule has 1 aromatic rings. The van der Waals surface area contributed by atoms with Crippen molar-refractivity contribution in [2.45, 2.75) is 45.2 Å². The minimum absolute atomic E-state index is 0.0725. The Kier molecular flexibility index (Phi) is 4.12. The van der Waals surface area contributed by atoms with Gasteiger partial charge in [0, 0.05) is 17.6 Å². The quantitative estimate of drug-likeness (QED) is 0.863. The van der Waals surface area contributed by atoms with Gasteiger partial charge < -0.3 is 5.32 Å². The molecule has 4 nitrogen and oxygen atoms in total. The topological polar surface area (TPSA) is 54.0 Å². The third-order valence-corrected chi connectivity index (χ3v) is 4.09. The Morgan fingerprint density at radius 3 is 3.12 bits per heavy atom. The standard InChI is InChI=1S/C12H19N3OS/c1-8-7-14-12(17-8)9(2)15-10-5-3-4-6-13-11(10)16/h7,9-10,15H,3-6H2,1-2H3,(H,13,16). The number of hydrogen-bond acceptors (Lipinski definition) is 4. The summed E-state index contributed by atoms with van der Waals surface area (Å²) in [4.78, 5) is 17.4. The number of rotatable bonds is 3. The van der Waals surface area contributed by atoms with E-state index in [2.05, 4.69) is 22.5 Å². The molecule has 0 saturated carbocycles. The molecule has 0 spiro atoms. The lowest BCUT2D eigenvalue weighted by Crippen LogP contribution is -2.43. The van der Waals surface area contributed by atoms with E-state index in [9.17, 15) is 4.79 Å². The van der Waals surface area contributed by atoms with Gasteiger partial charge in [0.05, 0.1) is 12.1 Å². The molecular weight excluding hydrogens is 234 g/mol.